The first kappa shape index (κ1) is 19.6. The maximum Gasteiger partial charge on any atom is 0.127 e. The highest BCUT2D eigenvalue weighted by Crippen LogP contribution is 2.29. The van der Waals surface area contributed by atoms with E-state index >= 15 is 0 Å². The molecule has 0 amide bonds. The minimum Gasteiger partial charge on any atom is -0.341 e. The number of halogens is 1. The van der Waals surface area contributed by atoms with E-state index < -0.39 is 0 Å². The topological polar surface area (TPSA) is 13.8 Å². The highest BCUT2D eigenvalue weighted by molar-refractivity contribution is 6.30. The van der Waals surface area contributed by atoms with Gasteiger partial charge in [0.1, 0.15) is 39.3 Å². The quantitative estimate of drug-likeness (QED) is 0.494. The lowest BCUT2D eigenvalue weighted by atomic mass is 10.1. The summed E-state index contributed by atoms with van der Waals surface area (Å²) >= 11 is 6.02. The summed E-state index contributed by atoms with van der Waals surface area (Å²) in [5.74, 6) is 0. The molecule has 1 fully saturated rings. The maximum absolute atomic E-state index is 6.02. The van der Waals surface area contributed by atoms with Gasteiger partial charge in [0, 0.05) is 44.5 Å². The van der Waals surface area contributed by atoms with Crippen molar-refractivity contribution in [2.75, 3.05) is 26.2 Å². The molecule has 1 aliphatic rings. The number of nitrogens with zero attached hydrogens (tertiary/aromatic N) is 1. The lowest BCUT2D eigenvalue weighted by molar-refractivity contribution is -1.02. The number of fused-ring (bicyclic) bond motifs is 3. The number of benzene rings is 3. The lowest BCUT2D eigenvalue weighted by Gasteiger charge is -2.29. The first-order valence-electron chi connectivity index (χ1n) is 11.1. The Labute approximate surface area is 183 Å². The second kappa shape index (κ2) is 8.43. The van der Waals surface area contributed by atoms with Crippen molar-refractivity contribution >= 4 is 33.4 Å². The normalized spacial score (nSPS) is 19.5. The molecule has 0 bridgehead atoms. The molecule has 0 unspecified atom stereocenters. The third-order valence-corrected chi connectivity index (χ3v) is 6.89. The number of rotatable bonds is 5. The molecule has 1 aliphatic heterocycles. The van der Waals surface area contributed by atoms with Gasteiger partial charge in [-0.25, -0.2) is 0 Å². The van der Waals surface area contributed by atoms with Crippen molar-refractivity contribution in [1.82, 2.24) is 4.57 Å². The van der Waals surface area contributed by atoms with Gasteiger partial charge >= 0.3 is 0 Å². The first-order valence-corrected chi connectivity index (χ1v) is 11.5. The van der Waals surface area contributed by atoms with Crippen molar-refractivity contribution in [3.63, 3.8) is 0 Å². The van der Waals surface area contributed by atoms with Gasteiger partial charge in [0.15, 0.2) is 0 Å². The van der Waals surface area contributed by atoms with Crippen LogP contribution in [-0.4, -0.2) is 30.7 Å². The third-order valence-electron chi connectivity index (χ3n) is 6.64. The monoisotopic (exact) mass is 419 g/mol. The van der Waals surface area contributed by atoms with E-state index in [1.165, 1.54) is 59.1 Å². The van der Waals surface area contributed by atoms with Gasteiger partial charge in [-0.1, -0.05) is 48.0 Å². The Hall–Kier alpha value is -2.33. The van der Waals surface area contributed by atoms with Crippen molar-refractivity contribution in [3.8, 4) is 0 Å². The van der Waals surface area contributed by atoms with Gasteiger partial charge in [-0.3, -0.25) is 0 Å². The van der Waals surface area contributed by atoms with Gasteiger partial charge in [0.2, 0.25) is 0 Å². The highest BCUT2D eigenvalue weighted by atomic mass is 35.5. The van der Waals surface area contributed by atoms with Crippen molar-refractivity contribution in [1.29, 1.82) is 0 Å². The summed E-state index contributed by atoms with van der Waals surface area (Å²) in [5.41, 5.74) is 5.54. The molecule has 1 aromatic heterocycles. The van der Waals surface area contributed by atoms with Crippen LogP contribution >= 0.6 is 11.6 Å². The molecular weight excluding hydrogens is 390 g/mol. The molecule has 4 aromatic rings. The largest absolute Gasteiger partial charge is 0.341 e. The molecule has 0 atom stereocenters. The number of nitrogens with one attached hydrogen (secondary N) is 2. The number of para-hydroxylation sites is 1. The zero-order valence-corrected chi connectivity index (χ0v) is 18.4. The molecule has 3 nitrogen and oxygen atoms in total. The van der Waals surface area contributed by atoms with E-state index in [1.807, 2.05) is 12.1 Å². The second-order valence-electron chi connectivity index (χ2n) is 8.59. The average molecular weight is 420 g/mol. The fourth-order valence-electron chi connectivity index (χ4n) is 5.04. The Kier molecular flexibility index (Phi) is 5.51. The van der Waals surface area contributed by atoms with Crippen LogP contribution in [0.1, 0.15) is 18.1 Å². The number of hydrogen-bond acceptors (Lipinski definition) is 0. The number of hydrogen-bond donors (Lipinski definition) is 2. The number of aromatic nitrogens is 1. The van der Waals surface area contributed by atoms with Crippen molar-refractivity contribution in [2.24, 2.45) is 0 Å². The molecule has 0 radical (unpaired) electrons. The Bertz CT molecular complexity index is 1150. The summed E-state index contributed by atoms with van der Waals surface area (Å²) in [6, 6.07) is 24.2. The molecule has 0 saturated carbocycles. The molecule has 2 N–H and O–H groups in total. The molecule has 0 aliphatic carbocycles. The smallest absolute Gasteiger partial charge is 0.127 e. The van der Waals surface area contributed by atoms with Crippen LogP contribution < -0.4 is 9.80 Å². The minimum atomic E-state index is 0.821. The summed E-state index contributed by atoms with van der Waals surface area (Å²) in [6.07, 6.45) is 0. The zero-order chi connectivity index (χ0) is 20.5. The predicted octanol–water partition coefficient (Wildman–Crippen LogP) is 2.95. The summed E-state index contributed by atoms with van der Waals surface area (Å²) < 4.78 is 2.43. The lowest BCUT2D eigenvalue weighted by Crippen LogP contribution is -3.27. The Balaban J connectivity index is 1.27. The molecule has 3 aromatic carbocycles. The van der Waals surface area contributed by atoms with Gasteiger partial charge in [-0.05, 0) is 37.3 Å². The van der Waals surface area contributed by atoms with Gasteiger partial charge < -0.3 is 14.4 Å². The molecule has 4 heteroatoms. The van der Waals surface area contributed by atoms with E-state index in [0.29, 0.717) is 0 Å². The minimum absolute atomic E-state index is 0.821. The number of aryl methyl sites for hydroxylation is 1. The van der Waals surface area contributed by atoms with E-state index in [-0.39, 0.29) is 0 Å². The molecule has 0 spiro atoms. The van der Waals surface area contributed by atoms with Crippen molar-refractivity contribution in [2.45, 2.75) is 26.6 Å². The van der Waals surface area contributed by atoms with Crippen LogP contribution in [0.15, 0.2) is 66.7 Å². The Morgan fingerprint density at radius 2 is 1.33 bits per heavy atom. The van der Waals surface area contributed by atoms with Crippen LogP contribution in [-0.2, 0) is 19.6 Å². The molecular formula is C26H30ClN3+2. The van der Waals surface area contributed by atoms with Gasteiger partial charge in [-0.15, -0.1) is 0 Å². The summed E-state index contributed by atoms with van der Waals surface area (Å²) in [7, 11) is 0. The standard InChI is InChI=1S/C26H28ClN3/c1-2-30-25-6-4-3-5-23(25)24-17-21(9-12-26(24)30)19-29-15-13-28(14-16-29)18-20-7-10-22(27)11-8-20/h3-12,17H,2,13-16,18-19H2,1H3/p+2. The van der Waals surface area contributed by atoms with E-state index in [2.05, 4.69) is 66.1 Å². The third kappa shape index (κ3) is 3.85. The molecule has 1 saturated heterocycles. The first-order chi connectivity index (χ1) is 14.7. The fraction of sp³-hybridized carbons (Fsp3) is 0.308. The van der Waals surface area contributed by atoms with Gasteiger partial charge in [0.05, 0.1) is 0 Å². The van der Waals surface area contributed by atoms with Gasteiger partial charge in [-0.2, -0.15) is 0 Å². The summed E-state index contributed by atoms with van der Waals surface area (Å²) in [4.78, 5) is 3.39. The number of quaternary nitrogens is 2. The molecule has 5 rings (SSSR count). The van der Waals surface area contributed by atoms with E-state index in [1.54, 1.807) is 9.80 Å². The average Bonchev–Trinajstić information content (AvgIpc) is 3.10. The molecule has 30 heavy (non-hydrogen) atoms. The molecule has 154 valence electrons. The number of piperazine rings is 1. The predicted molar refractivity (Wildman–Crippen MR) is 125 cm³/mol. The van der Waals surface area contributed by atoms with Crippen LogP contribution in [0.5, 0.6) is 0 Å². The highest BCUT2D eigenvalue weighted by Gasteiger charge is 2.23. The molecule has 2 heterocycles. The van der Waals surface area contributed by atoms with E-state index in [0.717, 1.165) is 24.7 Å². The van der Waals surface area contributed by atoms with Gasteiger partial charge in [0.25, 0.3) is 0 Å². The van der Waals surface area contributed by atoms with Crippen LogP contribution in [0.3, 0.4) is 0 Å². The van der Waals surface area contributed by atoms with E-state index in [4.69, 9.17) is 11.6 Å². The Morgan fingerprint density at radius 1 is 0.733 bits per heavy atom. The Morgan fingerprint density at radius 3 is 2.03 bits per heavy atom. The van der Waals surface area contributed by atoms with Crippen molar-refractivity contribution < 1.29 is 9.80 Å². The van der Waals surface area contributed by atoms with Crippen LogP contribution in [0, 0.1) is 0 Å². The maximum atomic E-state index is 6.02. The summed E-state index contributed by atoms with van der Waals surface area (Å²) in [6.45, 7) is 10.4. The van der Waals surface area contributed by atoms with Crippen LogP contribution in [0.25, 0.3) is 21.8 Å². The fourth-order valence-corrected chi connectivity index (χ4v) is 5.17. The second-order valence-corrected chi connectivity index (χ2v) is 9.03. The van der Waals surface area contributed by atoms with Crippen molar-refractivity contribution in [3.05, 3.63) is 82.9 Å². The van der Waals surface area contributed by atoms with Crippen LogP contribution in [0.4, 0.5) is 0 Å². The SMILES string of the molecule is CCn1c2ccccc2c2cc(C[NH+]3CC[NH+](Cc4ccc(Cl)cc4)CC3)ccc21. The van der Waals surface area contributed by atoms with Crippen LogP contribution in [0.2, 0.25) is 5.02 Å². The van der Waals surface area contributed by atoms with E-state index in [9.17, 15) is 0 Å². The summed E-state index contributed by atoms with van der Waals surface area (Å²) in [5, 5.41) is 3.60. The zero-order valence-electron chi connectivity index (χ0n) is 17.6.